The first-order valence-corrected chi connectivity index (χ1v) is 5.08. The van der Waals surface area contributed by atoms with E-state index in [2.05, 4.69) is 5.32 Å². The molecule has 1 unspecified atom stereocenters. The summed E-state index contributed by atoms with van der Waals surface area (Å²) in [7, 11) is 0. The maximum atomic E-state index is 13.8. The third-order valence-electron chi connectivity index (χ3n) is 2.79. The van der Waals surface area contributed by atoms with Gasteiger partial charge in [0, 0.05) is 6.07 Å². The van der Waals surface area contributed by atoms with Crippen LogP contribution in [0.25, 0.3) is 0 Å². The predicted molar refractivity (Wildman–Crippen MR) is 51.3 cm³/mol. The number of hydrogen-bond donors (Lipinski definition) is 1. The molecule has 88 valence electrons. The molecule has 1 N–H and O–H groups in total. The fourth-order valence-electron chi connectivity index (χ4n) is 1.94. The Morgan fingerprint density at radius 3 is 2.56 bits per heavy atom. The molecule has 0 radical (unpaired) electrons. The average Bonchev–Trinajstić information content (AvgIpc) is 2.69. The zero-order valence-electron chi connectivity index (χ0n) is 8.44. The van der Waals surface area contributed by atoms with Gasteiger partial charge in [0.05, 0.1) is 11.6 Å². The van der Waals surface area contributed by atoms with Crippen LogP contribution in [0, 0.1) is 11.6 Å². The van der Waals surface area contributed by atoms with E-state index in [-0.39, 0.29) is 0 Å². The third-order valence-corrected chi connectivity index (χ3v) is 2.79. The summed E-state index contributed by atoms with van der Waals surface area (Å²) in [4.78, 5) is 0. The Morgan fingerprint density at radius 2 is 2.00 bits per heavy atom. The average molecular weight is 233 g/mol. The molecule has 0 bridgehead atoms. The highest BCUT2D eigenvalue weighted by Crippen LogP contribution is 2.36. The van der Waals surface area contributed by atoms with Crippen molar-refractivity contribution in [3.8, 4) is 0 Å². The SMILES string of the molecule is Fc1ccc(C(F)(F)C2CCCN2)c(F)c1. The van der Waals surface area contributed by atoms with E-state index >= 15 is 0 Å². The standard InChI is InChI=1S/C11H11F4N/c12-7-3-4-8(9(13)6-7)11(14,15)10-2-1-5-16-10/h3-4,6,10,16H,1-2,5H2. The molecular weight excluding hydrogens is 222 g/mol. The monoisotopic (exact) mass is 233 g/mol. The molecule has 16 heavy (non-hydrogen) atoms. The maximum Gasteiger partial charge on any atom is 0.291 e. The van der Waals surface area contributed by atoms with E-state index in [1.54, 1.807) is 0 Å². The summed E-state index contributed by atoms with van der Waals surface area (Å²) < 4.78 is 53.5. The van der Waals surface area contributed by atoms with Crippen LogP contribution in [0.15, 0.2) is 18.2 Å². The van der Waals surface area contributed by atoms with Crippen molar-refractivity contribution in [3.05, 3.63) is 35.4 Å². The molecule has 5 heteroatoms. The summed E-state index contributed by atoms with van der Waals surface area (Å²) in [5.41, 5.74) is -0.742. The van der Waals surface area contributed by atoms with Gasteiger partial charge < -0.3 is 5.32 Å². The molecule has 1 aromatic carbocycles. The fourth-order valence-corrected chi connectivity index (χ4v) is 1.94. The number of nitrogens with one attached hydrogen (secondary N) is 1. The zero-order chi connectivity index (χ0) is 11.8. The molecule has 1 aliphatic heterocycles. The van der Waals surface area contributed by atoms with E-state index in [0.29, 0.717) is 25.5 Å². The van der Waals surface area contributed by atoms with Crippen molar-refractivity contribution in [1.29, 1.82) is 0 Å². The summed E-state index contributed by atoms with van der Waals surface area (Å²) in [5.74, 6) is -5.34. The molecule has 1 aliphatic rings. The van der Waals surface area contributed by atoms with Crippen molar-refractivity contribution in [2.45, 2.75) is 24.8 Å². The van der Waals surface area contributed by atoms with Gasteiger partial charge in [0.15, 0.2) is 0 Å². The Bertz CT molecular complexity index is 386. The Morgan fingerprint density at radius 1 is 1.25 bits per heavy atom. The van der Waals surface area contributed by atoms with Crippen molar-refractivity contribution < 1.29 is 17.6 Å². The molecule has 1 heterocycles. The van der Waals surface area contributed by atoms with E-state index in [1.165, 1.54) is 0 Å². The molecule has 0 spiro atoms. The zero-order valence-corrected chi connectivity index (χ0v) is 8.44. The highest BCUT2D eigenvalue weighted by atomic mass is 19.3. The van der Waals surface area contributed by atoms with Gasteiger partial charge in [0.25, 0.3) is 5.92 Å². The van der Waals surface area contributed by atoms with Gasteiger partial charge in [-0.25, -0.2) is 8.78 Å². The highest BCUT2D eigenvalue weighted by Gasteiger charge is 2.44. The minimum atomic E-state index is -3.30. The second-order valence-corrected chi connectivity index (χ2v) is 3.90. The second kappa shape index (κ2) is 4.05. The van der Waals surface area contributed by atoms with Crippen LogP contribution in [0.4, 0.5) is 17.6 Å². The number of rotatable bonds is 2. The first-order valence-electron chi connectivity index (χ1n) is 5.08. The van der Waals surface area contributed by atoms with Gasteiger partial charge >= 0.3 is 0 Å². The summed E-state index contributed by atoms with van der Waals surface area (Å²) >= 11 is 0. The van der Waals surface area contributed by atoms with Crippen LogP contribution in [0.3, 0.4) is 0 Å². The van der Waals surface area contributed by atoms with Gasteiger partial charge in [-0.3, -0.25) is 0 Å². The van der Waals surface area contributed by atoms with Gasteiger partial charge in [-0.05, 0) is 31.5 Å². The summed E-state index contributed by atoms with van der Waals surface area (Å²) in [6.45, 7) is 0.503. The van der Waals surface area contributed by atoms with Gasteiger partial charge in [-0.1, -0.05) is 0 Å². The molecule has 1 aromatic rings. The lowest BCUT2D eigenvalue weighted by Crippen LogP contribution is -2.39. The van der Waals surface area contributed by atoms with Crippen LogP contribution in [0.2, 0.25) is 0 Å². The first kappa shape index (κ1) is 11.4. The Kier molecular flexibility index (Phi) is 2.88. The van der Waals surface area contributed by atoms with Crippen molar-refractivity contribution in [2.24, 2.45) is 0 Å². The molecule has 1 fully saturated rings. The van der Waals surface area contributed by atoms with Gasteiger partial charge in [-0.15, -0.1) is 0 Å². The summed E-state index contributed by atoms with van der Waals surface area (Å²) in [6, 6.07) is 1.08. The van der Waals surface area contributed by atoms with Crippen molar-refractivity contribution >= 4 is 0 Å². The summed E-state index contributed by atoms with van der Waals surface area (Å²) in [5, 5.41) is 2.63. The Balaban J connectivity index is 2.34. The number of alkyl halides is 2. The maximum absolute atomic E-state index is 13.8. The van der Waals surface area contributed by atoms with Crippen LogP contribution < -0.4 is 5.32 Å². The van der Waals surface area contributed by atoms with Crippen LogP contribution in [0.1, 0.15) is 18.4 Å². The number of hydrogen-bond acceptors (Lipinski definition) is 1. The molecule has 2 rings (SSSR count). The van der Waals surface area contributed by atoms with E-state index < -0.39 is 29.2 Å². The lowest BCUT2D eigenvalue weighted by atomic mass is 9.99. The van der Waals surface area contributed by atoms with E-state index in [1.807, 2.05) is 0 Å². The fraction of sp³-hybridized carbons (Fsp3) is 0.455. The van der Waals surface area contributed by atoms with Crippen molar-refractivity contribution in [1.82, 2.24) is 5.32 Å². The topological polar surface area (TPSA) is 12.0 Å². The molecule has 0 saturated carbocycles. The van der Waals surface area contributed by atoms with Crippen LogP contribution >= 0.6 is 0 Å². The first-order chi connectivity index (χ1) is 7.51. The highest BCUT2D eigenvalue weighted by molar-refractivity contribution is 5.25. The van der Waals surface area contributed by atoms with Gasteiger partial charge in [0.2, 0.25) is 0 Å². The molecular formula is C11H11F4N. The quantitative estimate of drug-likeness (QED) is 0.774. The van der Waals surface area contributed by atoms with Gasteiger partial charge in [0.1, 0.15) is 11.6 Å². The third kappa shape index (κ3) is 1.91. The van der Waals surface area contributed by atoms with Crippen LogP contribution in [-0.4, -0.2) is 12.6 Å². The molecule has 0 amide bonds. The second-order valence-electron chi connectivity index (χ2n) is 3.90. The summed E-state index contributed by atoms with van der Waals surface area (Å²) in [6.07, 6.45) is 0.937. The van der Waals surface area contributed by atoms with E-state index in [4.69, 9.17) is 0 Å². The van der Waals surface area contributed by atoms with Gasteiger partial charge in [-0.2, -0.15) is 8.78 Å². The van der Waals surface area contributed by atoms with E-state index in [0.717, 1.165) is 12.1 Å². The largest absolute Gasteiger partial charge is 0.308 e. The van der Waals surface area contributed by atoms with Crippen LogP contribution in [-0.2, 0) is 5.92 Å². The predicted octanol–water partition coefficient (Wildman–Crippen LogP) is 2.81. The van der Waals surface area contributed by atoms with Crippen molar-refractivity contribution in [3.63, 3.8) is 0 Å². The Hall–Kier alpha value is -1.10. The minimum Gasteiger partial charge on any atom is -0.308 e. The van der Waals surface area contributed by atoms with Crippen LogP contribution in [0.5, 0.6) is 0 Å². The normalized spacial score (nSPS) is 21.4. The number of benzene rings is 1. The van der Waals surface area contributed by atoms with Crippen molar-refractivity contribution in [2.75, 3.05) is 6.54 Å². The smallest absolute Gasteiger partial charge is 0.291 e. The van der Waals surface area contributed by atoms with E-state index in [9.17, 15) is 17.6 Å². The molecule has 0 aromatic heterocycles. The molecule has 1 atom stereocenters. The number of halogens is 4. The lowest BCUT2D eigenvalue weighted by molar-refractivity contribution is -0.0407. The molecule has 1 nitrogen and oxygen atoms in total. The Labute approximate surface area is 90.5 Å². The lowest BCUT2D eigenvalue weighted by Gasteiger charge is -2.24. The minimum absolute atomic E-state index is 0.295. The molecule has 1 saturated heterocycles. The molecule has 0 aliphatic carbocycles.